The summed E-state index contributed by atoms with van der Waals surface area (Å²) in [5.41, 5.74) is 2.03. The molecule has 0 spiro atoms. The van der Waals surface area contributed by atoms with E-state index in [9.17, 15) is 5.11 Å². The molecule has 0 fully saturated rings. The molecule has 0 saturated carbocycles. The molecule has 0 bridgehead atoms. The van der Waals surface area contributed by atoms with Gasteiger partial charge in [0.2, 0.25) is 0 Å². The summed E-state index contributed by atoms with van der Waals surface area (Å²) in [6, 6.07) is 22.1. The van der Waals surface area contributed by atoms with Crippen LogP contribution in [0.5, 0.6) is 17.2 Å². The summed E-state index contributed by atoms with van der Waals surface area (Å²) in [7, 11) is 0. The minimum atomic E-state index is 0.0479. The third-order valence-electron chi connectivity index (χ3n) is 3.81. The van der Waals surface area contributed by atoms with Gasteiger partial charge >= 0.3 is 0 Å². The van der Waals surface area contributed by atoms with Crippen molar-refractivity contribution >= 4 is 11.0 Å². The molecule has 0 aliphatic rings. The Morgan fingerprint density at radius 3 is 2.00 bits per heavy atom. The second-order valence-corrected chi connectivity index (χ2v) is 5.64. The van der Waals surface area contributed by atoms with Crippen LogP contribution in [0.15, 0.2) is 72.8 Å². The Hall–Kier alpha value is -3.54. The highest BCUT2D eigenvalue weighted by molar-refractivity contribution is 5.73. The zero-order valence-electron chi connectivity index (χ0n) is 13.9. The molecule has 6 nitrogen and oxygen atoms in total. The molecule has 0 amide bonds. The summed E-state index contributed by atoms with van der Waals surface area (Å²) in [4.78, 5) is 1.42. The van der Waals surface area contributed by atoms with E-state index in [4.69, 9.17) is 9.47 Å². The number of ether oxygens (including phenoxy) is 2. The number of phenols is 1. The molecular formula is C20H17N3O3. The summed E-state index contributed by atoms with van der Waals surface area (Å²) in [5.74, 6) is 1.40. The molecule has 26 heavy (non-hydrogen) atoms. The topological polar surface area (TPSA) is 69.4 Å². The van der Waals surface area contributed by atoms with Gasteiger partial charge in [-0.3, -0.25) is 0 Å². The van der Waals surface area contributed by atoms with Crippen molar-refractivity contribution in [3.63, 3.8) is 0 Å². The lowest BCUT2D eigenvalue weighted by Gasteiger charge is -2.10. The highest BCUT2D eigenvalue weighted by atomic mass is 16.5. The molecule has 0 unspecified atom stereocenters. The fraction of sp³-hybridized carbons (Fsp3) is 0.100. The Morgan fingerprint density at radius 1 is 0.731 bits per heavy atom. The molecule has 0 aliphatic heterocycles. The molecule has 4 rings (SSSR count). The number of hydrogen-bond donors (Lipinski definition) is 1. The Labute approximate surface area is 150 Å². The van der Waals surface area contributed by atoms with Gasteiger partial charge in [0.15, 0.2) is 0 Å². The van der Waals surface area contributed by atoms with Crippen molar-refractivity contribution < 1.29 is 14.6 Å². The number of aromatic nitrogens is 3. The van der Waals surface area contributed by atoms with Gasteiger partial charge in [-0.25, -0.2) is 0 Å². The van der Waals surface area contributed by atoms with Crippen LogP contribution in [-0.4, -0.2) is 33.3 Å². The largest absolute Gasteiger partial charge is 0.505 e. The Morgan fingerprint density at radius 2 is 1.35 bits per heavy atom. The summed E-state index contributed by atoms with van der Waals surface area (Å²) in [5, 5.41) is 19.0. The predicted octanol–water partition coefficient (Wildman–Crippen LogP) is 3.58. The van der Waals surface area contributed by atoms with E-state index in [0.717, 1.165) is 16.8 Å². The van der Waals surface area contributed by atoms with E-state index >= 15 is 0 Å². The van der Waals surface area contributed by atoms with E-state index in [-0.39, 0.29) is 5.75 Å². The van der Waals surface area contributed by atoms with Gasteiger partial charge in [-0.15, -0.1) is 15.0 Å². The molecule has 0 saturated heterocycles. The molecule has 1 aromatic heterocycles. The lowest BCUT2D eigenvalue weighted by atomic mass is 10.3. The third kappa shape index (κ3) is 3.44. The minimum Gasteiger partial charge on any atom is -0.505 e. The van der Waals surface area contributed by atoms with Crippen molar-refractivity contribution in [3.05, 3.63) is 72.8 Å². The molecule has 1 N–H and O–H groups in total. The van der Waals surface area contributed by atoms with Crippen molar-refractivity contribution in [2.75, 3.05) is 13.2 Å². The van der Waals surface area contributed by atoms with Crippen molar-refractivity contribution in [2.24, 2.45) is 0 Å². The van der Waals surface area contributed by atoms with Crippen molar-refractivity contribution in [1.82, 2.24) is 15.0 Å². The van der Waals surface area contributed by atoms with Gasteiger partial charge in [0, 0.05) is 6.07 Å². The standard InChI is InChI=1S/C20H17N3O3/c24-20-14-16(26-13-12-25-15-6-2-1-3-7-15)10-11-19(20)23-21-17-8-4-5-9-18(17)22-23/h1-11,14,24H,12-13H2. The molecule has 1 heterocycles. The Kier molecular flexibility index (Phi) is 4.38. The summed E-state index contributed by atoms with van der Waals surface area (Å²) in [6.07, 6.45) is 0. The number of aromatic hydroxyl groups is 1. The average molecular weight is 347 g/mol. The average Bonchev–Trinajstić information content (AvgIpc) is 3.10. The first-order valence-corrected chi connectivity index (χ1v) is 8.26. The van der Waals surface area contributed by atoms with Crippen LogP contribution in [0.1, 0.15) is 0 Å². The second kappa shape index (κ2) is 7.14. The van der Waals surface area contributed by atoms with Crippen LogP contribution in [-0.2, 0) is 0 Å². The molecule has 0 atom stereocenters. The van der Waals surface area contributed by atoms with Crippen LogP contribution in [0.25, 0.3) is 16.7 Å². The van der Waals surface area contributed by atoms with E-state index < -0.39 is 0 Å². The van der Waals surface area contributed by atoms with Crippen molar-refractivity contribution in [1.29, 1.82) is 0 Å². The number of nitrogens with zero attached hydrogens (tertiary/aromatic N) is 3. The first-order valence-electron chi connectivity index (χ1n) is 8.26. The number of rotatable bonds is 6. The maximum atomic E-state index is 10.3. The van der Waals surface area contributed by atoms with E-state index in [1.54, 1.807) is 18.2 Å². The van der Waals surface area contributed by atoms with Crippen molar-refractivity contribution in [3.8, 4) is 22.9 Å². The summed E-state index contributed by atoms with van der Waals surface area (Å²) >= 11 is 0. The summed E-state index contributed by atoms with van der Waals surface area (Å²) < 4.78 is 11.2. The molecule has 3 aromatic carbocycles. The van der Waals surface area contributed by atoms with Crippen molar-refractivity contribution in [2.45, 2.75) is 0 Å². The van der Waals surface area contributed by atoms with Crippen LogP contribution in [0, 0.1) is 0 Å². The predicted molar refractivity (Wildman–Crippen MR) is 98.0 cm³/mol. The van der Waals surface area contributed by atoms with Crippen LogP contribution in [0.2, 0.25) is 0 Å². The molecule has 6 heteroatoms. The van der Waals surface area contributed by atoms with E-state index in [0.29, 0.717) is 24.7 Å². The lowest BCUT2D eigenvalue weighted by Crippen LogP contribution is -2.09. The number of hydrogen-bond acceptors (Lipinski definition) is 5. The number of benzene rings is 3. The zero-order chi connectivity index (χ0) is 17.8. The normalized spacial score (nSPS) is 10.8. The molecule has 0 radical (unpaired) electrons. The maximum Gasteiger partial charge on any atom is 0.146 e. The van der Waals surface area contributed by atoms with Crippen LogP contribution >= 0.6 is 0 Å². The molecule has 0 aliphatic carbocycles. The molecule has 4 aromatic rings. The first-order chi connectivity index (χ1) is 12.8. The fourth-order valence-corrected chi connectivity index (χ4v) is 2.57. The van der Waals surface area contributed by atoms with Crippen LogP contribution in [0.4, 0.5) is 0 Å². The maximum absolute atomic E-state index is 10.3. The van der Waals surface area contributed by atoms with Gasteiger partial charge in [-0.05, 0) is 36.4 Å². The van der Waals surface area contributed by atoms with Gasteiger partial charge in [0.05, 0.1) is 0 Å². The van der Waals surface area contributed by atoms with Gasteiger partial charge in [0.1, 0.15) is 47.2 Å². The van der Waals surface area contributed by atoms with Crippen LogP contribution < -0.4 is 9.47 Å². The fourth-order valence-electron chi connectivity index (χ4n) is 2.57. The number of phenolic OH excluding ortho intramolecular Hbond substituents is 1. The van der Waals surface area contributed by atoms with E-state index in [2.05, 4.69) is 10.2 Å². The zero-order valence-corrected chi connectivity index (χ0v) is 13.9. The Bertz CT molecular complexity index is 982. The molecular weight excluding hydrogens is 330 g/mol. The molecule has 130 valence electrons. The minimum absolute atomic E-state index is 0.0479. The quantitative estimate of drug-likeness (QED) is 0.540. The first kappa shape index (κ1) is 16.0. The number of para-hydroxylation sites is 1. The third-order valence-corrected chi connectivity index (χ3v) is 3.81. The van der Waals surface area contributed by atoms with E-state index in [1.807, 2.05) is 54.6 Å². The lowest BCUT2D eigenvalue weighted by molar-refractivity contribution is 0.216. The van der Waals surface area contributed by atoms with Gasteiger partial charge in [-0.1, -0.05) is 30.3 Å². The summed E-state index contributed by atoms with van der Waals surface area (Å²) in [6.45, 7) is 0.788. The number of fused-ring (bicyclic) bond motifs is 1. The monoisotopic (exact) mass is 347 g/mol. The van der Waals surface area contributed by atoms with Crippen LogP contribution in [0.3, 0.4) is 0 Å². The second-order valence-electron chi connectivity index (χ2n) is 5.64. The van der Waals surface area contributed by atoms with E-state index in [1.165, 1.54) is 4.80 Å². The van der Waals surface area contributed by atoms with Gasteiger partial charge in [-0.2, -0.15) is 0 Å². The van der Waals surface area contributed by atoms with Gasteiger partial charge in [0.25, 0.3) is 0 Å². The smallest absolute Gasteiger partial charge is 0.146 e. The highest BCUT2D eigenvalue weighted by Gasteiger charge is 2.09. The SMILES string of the molecule is Oc1cc(OCCOc2ccccc2)ccc1-n1nc2ccccc2n1. The highest BCUT2D eigenvalue weighted by Crippen LogP contribution is 2.26. The van der Waals surface area contributed by atoms with Gasteiger partial charge < -0.3 is 14.6 Å². The Balaban J connectivity index is 1.41.